The molecule has 1 aromatic heterocycles. The standard InChI is InChI=1S/C15H20N4O2/c1-9(2)11-7-5-6-8-12(11)21-15-13(14(16)18-20)10(3)17-19(15)4/h5-9,20H,1-4H3,(H2,16,18). The maximum Gasteiger partial charge on any atom is 0.229 e. The normalized spacial score (nSPS) is 12.0. The fraction of sp³-hybridized carbons (Fsp3) is 0.333. The van der Waals surface area contributed by atoms with E-state index in [1.165, 1.54) is 0 Å². The molecule has 0 unspecified atom stereocenters. The van der Waals surface area contributed by atoms with E-state index in [0.717, 1.165) is 11.3 Å². The Morgan fingerprint density at radius 1 is 1.38 bits per heavy atom. The van der Waals surface area contributed by atoms with Crippen molar-refractivity contribution in [3.63, 3.8) is 0 Å². The predicted octanol–water partition coefficient (Wildman–Crippen LogP) is 2.74. The lowest BCUT2D eigenvalue weighted by atomic mass is 10.0. The van der Waals surface area contributed by atoms with Gasteiger partial charge in [-0.25, -0.2) is 4.68 Å². The third-order valence-corrected chi connectivity index (χ3v) is 3.28. The smallest absolute Gasteiger partial charge is 0.229 e. The van der Waals surface area contributed by atoms with Crippen LogP contribution < -0.4 is 10.5 Å². The Kier molecular flexibility index (Phi) is 4.16. The first-order chi connectivity index (χ1) is 9.95. The molecule has 0 spiro atoms. The molecule has 0 aliphatic heterocycles. The molecule has 3 N–H and O–H groups in total. The molecule has 0 aliphatic carbocycles. The van der Waals surface area contributed by atoms with Crippen LogP contribution in [0.1, 0.15) is 36.6 Å². The number of para-hydroxylation sites is 1. The van der Waals surface area contributed by atoms with E-state index in [2.05, 4.69) is 24.1 Å². The van der Waals surface area contributed by atoms with E-state index in [9.17, 15) is 0 Å². The Hall–Kier alpha value is -2.50. The highest BCUT2D eigenvalue weighted by molar-refractivity contribution is 6.00. The molecule has 0 radical (unpaired) electrons. The molecule has 0 fully saturated rings. The van der Waals surface area contributed by atoms with Gasteiger partial charge in [0.2, 0.25) is 5.88 Å². The SMILES string of the molecule is Cc1nn(C)c(Oc2ccccc2C(C)C)c1C(N)=NO. The molecule has 0 aliphatic rings. The van der Waals surface area contributed by atoms with Gasteiger partial charge in [-0.05, 0) is 24.5 Å². The zero-order valence-electron chi connectivity index (χ0n) is 12.7. The second-order valence-corrected chi connectivity index (χ2v) is 5.17. The van der Waals surface area contributed by atoms with Gasteiger partial charge in [-0.1, -0.05) is 37.2 Å². The van der Waals surface area contributed by atoms with Crippen LogP contribution in [-0.4, -0.2) is 20.8 Å². The van der Waals surface area contributed by atoms with Crippen LogP contribution >= 0.6 is 0 Å². The third-order valence-electron chi connectivity index (χ3n) is 3.28. The molecule has 2 rings (SSSR count). The van der Waals surface area contributed by atoms with Gasteiger partial charge in [0.15, 0.2) is 5.84 Å². The summed E-state index contributed by atoms with van der Waals surface area (Å²) in [5.74, 6) is 1.50. The summed E-state index contributed by atoms with van der Waals surface area (Å²) in [6.45, 7) is 5.98. The number of hydrogen-bond acceptors (Lipinski definition) is 4. The first-order valence-corrected chi connectivity index (χ1v) is 6.74. The molecule has 6 heteroatoms. The largest absolute Gasteiger partial charge is 0.438 e. The summed E-state index contributed by atoms with van der Waals surface area (Å²) in [4.78, 5) is 0. The molecule has 112 valence electrons. The van der Waals surface area contributed by atoms with Crippen molar-refractivity contribution < 1.29 is 9.94 Å². The molecule has 0 saturated heterocycles. The van der Waals surface area contributed by atoms with E-state index < -0.39 is 0 Å². The number of amidine groups is 1. The second-order valence-electron chi connectivity index (χ2n) is 5.17. The molecule has 0 saturated carbocycles. The van der Waals surface area contributed by atoms with Crippen LogP contribution in [0.15, 0.2) is 29.4 Å². The highest BCUT2D eigenvalue weighted by atomic mass is 16.5. The van der Waals surface area contributed by atoms with Crippen LogP contribution in [0.4, 0.5) is 0 Å². The van der Waals surface area contributed by atoms with Crippen molar-refractivity contribution >= 4 is 5.84 Å². The van der Waals surface area contributed by atoms with Gasteiger partial charge in [-0.15, -0.1) is 0 Å². The highest BCUT2D eigenvalue weighted by Gasteiger charge is 2.20. The quantitative estimate of drug-likeness (QED) is 0.392. The molecule has 1 aromatic carbocycles. The van der Waals surface area contributed by atoms with Crippen molar-refractivity contribution in [3.05, 3.63) is 41.1 Å². The van der Waals surface area contributed by atoms with Crippen molar-refractivity contribution in [2.75, 3.05) is 0 Å². The van der Waals surface area contributed by atoms with E-state index >= 15 is 0 Å². The summed E-state index contributed by atoms with van der Waals surface area (Å²) >= 11 is 0. The predicted molar refractivity (Wildman–Crippen MR) is 81.1 cm³/mol. The topological polar surface area (TPSA) is 85.7 Å². The minimum atomic E-state index is -0.0161. The van der Waals surface area contributed by atoms with Crippen LogP contribution in [0, 0.1) is 6.92 Å². The van der Waals surface area contributed by atoms with Gasteiger partial charge in [0, 0.05) is 7.05 Å². The average Bonchev–Trinajstić information content (AvgIpc) is 2.73. The second kappa shape index (κ2) is 5.87. The van der Waals surface area contributed by atoms with Gasteiger partial charge < -0.3 is 15.7 Å². The summed E-state index contributed by atoms with van der Waals surface area (Å²) in [5, 5.41) is 16.2. The fourth-order valence-electron chi connectivity index (χ4n) is 2.25. The van der Waals surface area contributed by atoms with Crippen LogP contribution in [0.25, 0.3) is 0 Å². The summed E-state index contributed by atoms with van der Waals surface area (Å²) in [6.07, 6.45) is 0. The number of rotatable bonds is 4. The van der Waals surface area contributed by atoms with Gasteiger partial charge in [-0.2, -0.15) is 5.10 Å². The minimum Gasteiger partial charge on any atom is -0.438 e. The number of aromatic nitrogens is 2. The lowest BCUT2D eigenvalue weighted by molar-refractivity contribution is 0.318. The Balaban J connectivity index is 2.50. The number of nitrogens with two attached hydrogens (primary N) is 1. The number of aryl methyl sites for hydroxylation is 2. The van der Waals surface area contributed by atoms with Crippen LogP contribution in [0.2, 0.25) is 0 Å². The van der Waals surface area contributed by atoms with E-state index in [0.29, 0.717) is 23.1 Å². The summed E-state index contributed by atoms with van der Waals surface area (Å²) in [5.41, 5.74) is 7.95. The molecule has 0 atom stereocenters. The number of hydrogen-bond donors (Lipinski definition) is 2. The molecule has 2 aromatic rings. The van der Waals surface area contributed by atoms with Crippen molar-refractivity contribution in [3.8, 4) is 11.6 Å². The van der Waals surface area contributed by atoms with Gasteiger partial charge in [0.25, 0.3) is 0 Å². The zero-order chi connectivity index (χ0) is 15.6. The maximum absolute atomic E-state index is 8.93. The molecule has 6 nitrogen and oxygen atoms in total. The maximum atomic E-state index is 8.93. The zero-order valence-corrected chi connectivity index (χ0v) is 12.7. The van der Waals surface area contributed by atoms with Crippen molar-refractivity contribution in [1.82, 2.24) is 9.78 Å². The highest BCUT2D eigenvalue weighted by Crippen LogP contribution is 2.32. The lowest BCUT2D eigenvalue weighted by Crippen LogP contribution is -2.15. The van der Waals surface area contributed by atoms with E-state index in [4.69, 9.17) is 15.7 Å². The van der Waals surface area contributed by atoms with Crippen molar-refractivity contribution in [1.29, 1.82) is 0 Å². The number of benzene rings is 1. The van der Waals surface area contributed by atoms with Gasteiger partial charge in [0.05, 0.1) is 5.69 Å². The van der Waals surface area contributed by atoms with Gasteiger partial charge in [0.1, 0.15) is 11.3 Å². The summed E-state index contributed by atoms with van der Waals surface area (Å²) in [7, 11) is 1.76. The van der Waals surface area contributed by atoms with Crippen LogP contribution in [0.5, 0.6) is 11.6 Å². The number of oxime groups is 1. The number of ether oxygens (including phenoxy) is 1. The number of nitrogens with zero attached hydrogens (tertiary/aromatic N) is 3. The molecular formula is C15H20N4O2. The van der Waals surface area contributed by atoms with Gasteiger partial charge in [-0.3, -0.25) is 0 Å². The van der Waals surface area contributed by atoms with Crippen molar-refractivity contribution in [2.24, 2.45) is 17.9 Å². The molecule has 0 bridgehead atoms. The van der Waals surface area contributed by atoms with E-state index in [1.807, 2.05) is 24.3 Å². The summed E-state index contributed by atoms with van der Waals surface area (Å²) < 4.78 is 7.59. The minimum absolute atomic E-state index is 0.0161. The fourth-order valence-corrected chi connectivity index (χ4v) is 2.25. The Morgan fingerprint density at radius 3 is 2.67 bits per heavy atom. The first kappa shape index (κ1) is 14.9. The third kappa shape index (κ3) is 2.84. The lowest BCUT2D eigenvalue weighted by Gasteiger charge is -2.14. The first-order valence-electron chi connectivity index (χ1n) is 6.74. The summed E-state index contributed by atoms with van der Waals surface area (Å²) in [6, 6.07) is 7.80. The average molecular weight is 288 g/mol. The van der Waals surface area contributed by atoms with E-state index in [-0.39, 0.29) is 5.84 Å². The molecule has 21 heavy (non-hydrogen) atoms. The molecular weight excluding hydrogens is 268 g/mol. The Bertz CT molecular complexity index is 674. The monoisotopic (exact) mass is 288 g/mol. The van der Waals surface area contributed by atoms with Crippen molar-refractivity contribution in [2.45, 2.75) is 26.7 Å². The Morgan fingerprint density at radius 2 is 2.05 bits per heavy atom. The van der Waals surface area contributed by atoms with E-state index in [1.54, 1.807) is 18.7 Å². The molecule has 0 amide bonds. The van der Waals surface area contributed by atoms with Crippen LogP contribution in [-0.2, 0) is 7.05 Å². The van der Waals surface area contributed by atoms with Gasteiger partial charge >= 0.3 is 0 Å². The molecule has 1 heterocycles. The van der Waals surface area contributed by atoms with Crippen LogP contribution in [0.3, 0.4) is 0 Å². The Labute approximate surface area is 123 Å².